The van der Waals surface area contributed by atoms with Crippen molar-refractivity contribution in [2.75, 3.05) is 29.8 Å². The number of hydrogen-bond acceptors (Lipinski definition) is 3. The van der Waals surface area contributed by atoms with Crippen LogP contribution in [-0.2, 0) is 10.0 Å². The predicted molar refractivity (Wildman–Crippen MR) is 98.4 cm³/mol. The number of anilines is 2. The Bertz CT molecular complexity index is 879. The van der Waals surface area contributed by atoms with E-state index in [9.17, 15) is 13.2 Å². The lowest BCUT2D eigenvalue weighted by molar-refractivity contribution is 0.207. The standard InChI is InChI=1S/C18H21N3O3S/c1-14-6-3-4-7-17(14)25(23,24)19-15-8-10-16(11-9-15)21-13-5-12-20(2)18(21)22/h3-4,6-11,19H,5,12-13H2,1-2H3. The molecule has 1 N–H and O–H groups in total. The molecule has 0 unspecified atom stereocenters. The molecule has 1 heterocycles. The van der Waals surface area contributed by atoms with E-state index >= 15 is 0 Å². The van der Waals surface area contributed by atoms with Crippen LogP contribution in [0.15, 0.2) is 53.4 Å². The van der Waals surface area contributed by atoms with Crippen LogP contribution >= 0.6 is 0 Å². The number of aryl methyl sites for hydroxylation is 1. The van der Waals surface area contributed by atoms with Gasteiger partial charge in [0.25, 0.3) is 10.0 Å². The molecule has 1 aliphatic rings. The fourth-order valence-electron chi connectivity index (χ4n) is 2.88. The van der Waals surface area contributed by atoms with Crippen LogP contribution in [0.25, 0.3) is 0 Å². The second kappa shape index (κ2) is 6.76. The fourth-order valence-corrected chi connectivity index (χ4v) is 4.19. The number of urea groups is 1. The topological polar surface area (TPSA) is 69.7 Å². The number of nitrogens with one attached hydrogen (secondary N) is 1. The van der Waals surface area contributed by atoms with Crippen molar-refractivity contribution in [1.29, 1.82) is 0 Å². The summed E-state index contributed by atoms with van der Waals surface area (Å²) in [6.45, 7) is 3.18. The average molecular weight is 359 g/mol. The lowest BCUT2D eigenvalue weighted by atomic mass is 10.2. The summed E-state index contributed by atoms with van der Waals surface area (Å²) in [7, 11) is -1.86. The first-order valence-electron chi connectivity index (χ1n) is 8.09. The third-order valence-corrected chi connectivity index (χ3v) is 5.79. The number of sulfonamides is 1. The molecule has 0 radical (unpaired) electrons. The Hall–Kier alpha value is -2.54. The minimum absolute atomic E-state index is 0.0421. The molecule has 132 valence electrons. The van der Waals surface area contributed by atoms with Crippen LogP contribution in [0.4, 0.5) is 16.2 Å². The first-order chi connectivity index (χ1) is 11.9. The molecule has 25 heavy (non-hydrogen) atoms. The second-order valence-electron chi connectivity index (χ2n) is 6.13. The smallest absolute Gasteiger partial charge is 0.324 e. The van der Waals surface area contributed by atoms with E-state index in [0.29, 0.717) is 17.8 Å². The molecule has 0 aromatic heterocycles. The van der Waals surface area contributed by atoms with Gasteiger partial charge in [-0.1, -0.05) is 18.2 Å². The number of hydrogen-bond donors (Lipinski definition) is 1. The third kappa shape index (κ3) is 3.61. The fraction of sp³-hybridized carbons (Fsp3) is 0.278. The quantitative estimate of drug-likeness (QED) is 0.912. The van der Waals surface area contributed by atoms with Crippen molar-refractivity contribution in [1.82, 2.24) is 4.90 Å². The van der Waals surface area contributed by atoms with Crippen LogP contribution in [0.3, 0.4) is 0 Å². The van der Waals surface area contributed by atoms with Crippen molar-refractivity contribution in [2.24, 2.45) is 0 Å². The maximum atomic E-state index is 12.5. The van der Waals surface area contributed by atoms with Gasteiger partial charge in [0.1, 0.15) is 0 Å². The van der Waals surface area contributed by atoms with Crippen LogP contribution in [0, 0.1) is 6.92 Å². The van der Waals surface area contributed by atoms with Crippen molar-refractivity contribution in [3.05, 3.63) is 54.1 Å². The number of rotatable bonds is 4. The van der Waals surface area contributed by atoms with Crippen LogP contribution in [0.2, 0.25) is 0 Å². The Morgan fingerprint density at radius 1 is 1.00 bits per heavy atom. The Balaban J connectivity index is 1.79. The van der Waals surface area contributed by atoms with Gasteiger partial charge in [-0.05, 0) is 49.2 Å². The predicted octanol–water partition coefficient (Wildman–Crippen LogP) is 3.06. The number of benzene rings is 2. The van der Waals surface area contributed by atoms with Crippen molar-refractivity contribution >= 4 is 27.4 Å². The van der Waals surface area contributed by atoms with Crippen molar-refractivity contribution in [2.45, 2.75) is 18.2 Å². The molecule has 3 rings (SSSR count). The Morgan fingerprint density at radius 2 is 1.68 bits per heavy atom. The van der Waals surface area contributed by atoms with Gasteiger partial charge in [-0.3, -0.25) is 9.62 Å². The summed E-state index contributed by atoms with van der Waals surface area (Å²) in [4.78, 5) is 15.8. The zero-order valence-electron chi connectivity index (χ0n) is 14.3. The highest BCUT2D eigenvalue weighted by molar-refractivity contribution is 7.92. The van der Waals surface area contributed by atoms with E-state index in [-0.39, 0.29) is 10.9 Å². The van der Waals surface area contributed by atoms with Gasteiger partial charge >= 0.3 is 6.03 Å². The number of carbonyl (C=O) groups is 1. The molecule has 1 fully saturated rings. The molecule has 1 saturated heterocycles. The van der Waals surface area contributed by atoms with Gasteiger partial charge in [0, 0.05) is 31.5 Å². The molecule has 0 saturated carbocycles. The minimum atomic E-state index is -3.64. The van der Waals surface area contributed by atoms with Gasteiger partial charge in [0.15, 0.2) is 0 Å². The molecule has 0 atom stereocenters. The van der Waals surface area contributed by atoms with Crippen molar-refractivity contribution in [3.63, 3.8) is 0 Å². The van der Waals surface area contributed by atoms with Gasteiger partial charge < -0.3 is 4.90 Å². The highest BCUT2D eigenvalue weighted by Gasteiger charge is 2.24. The van der Waals surface area contributed by atoms with Crippen molar-refractivity contribution in [3.8, 4) is 0 Å². The van der Waals surface area contributed by atoms with E-state index in [1.54, 1.807) is 72.3 Å². The molecular weight excluding hydrogens is 338 g/mol. The minimum Gasteiger partial charge on any atom is -0.327 e. The molecule has 0 bridgehead atoms. The highest BCUT2D eigenvalue weighted by atomic mass is 32.2. The largest absolute Gasteiger partial charge is 0.327 e. The summed E-state index contributed by atoms with van der Waals surface area (Å²) in [6, 6.07) is 13.7. The third-order valence-electron chi connectivity index (χ3n) is 4.25. The van der Waals surface area contributed by atoms with E-state index in [2.05, 4.69) is 4.72 Å². The van der Waals surface area contributed by atoms with Crippen LogP contribution < -0.4 is 9.62 Å². The molecule has 7 heteroatoms. The summed E-state index contributed by atoms with van der Waals surface area (Å²) < 4.78 is 27.6. The molecule has 0 spiro atoms. The summed E-state index contributed by atoms with van der Waals surface area (Å²) in [5.41, 5.74) is 1.91. The van der Waals surface area contributed by atoms with E-state index in [4.69, 9.17) is 0 Å². The Kier molecular flexibility index (Phi) is 4.67. The summed E-state index contributed by atoms with van der Waals surface area (Å²) in [6.07, 6.45) is 0.907. The first kappa shape index (κ1) is 17.3. The number of nitrogens with zero attached hydrogens (tertiary/aromatic N) is 2. The van der Waals surface area contributed by atoms with Crippen LogP contribution in [-0.4, -0.2) is 39.5 Å². The Labute approximate surface area is 148 Å². The highest BCUT2D eigenvalue weighted by Crippen LogP contribution is 2.24. The van der Waals surface area contributed by atoms with Gasteiger partial charge in [0.2, 0.25) is 0 Å². The van der Waals surface area contributed by atoms with Gasteiger partial charge in [-0.2, -0.15) is 0 Å². The monoisotopic (exact) mass is 359 g/mol. The molecule has 0 aliphatic carbocycles. The molecule has 2 aromatic carbocycles. The van der Waals surface area contributed by atoms with E-state index in [1.165, 1.54) is 0 Å². The van der Waals surface area contributed by atoms with E-state index in [0.717, 1.165) is 18.7 Å². The lowest BCUT2D eigenvalue weighted by Gasteiger charge is -2.33. The molecule has 2 aromatic rings. The molecule has 6 nitrogen and oxygen atoms in total. The van der Waals surface area contributed by atoms with Gasteiger partial charge in [-0.15, -0.1) is 0 Å². The normalized spacial score (nSPS) is 15.4. The van der Waals surface area contributed by atoms with Crippen LogP contribution in [0.1, 0.15) is 12.0 Å². The zero-order chi connectivity index (χ0) is 18.0. The average Bonchev–Trinajstić information content (AvgIpc) is 2.58. The van der Waals surface area contributed by atoms with Crippen molar-refractivity contribution < 1.29 is 13.2 Å². The van der Waals surface area contributed by atoms with Crippen LogP contribution in [0.5, 0.6) is 0 Å². The summed E-state index contributed by atoms with van der Waals surface area (Å²) in [5, 5.41) is 0. The first-order valence-corrected chi connectivity index (χ1v) is 9.58. The van der Waals surface area contributed by atoms with Gasteiger partial charge in [0.05, 0.1) is 4.90 Å². The molecule has 1 aliphatic heterocycles. The molecule has 2 amide bonds. The summed E-state index contributed by atoms with van der Waals surface area (Å²) in [5.74, 6) is 0. The zero-order valence-corrected chi connectivity index (χ0v) is 15.1. The van der Waals surface area contributed by atoms with Gasteiger partial charge in [-0.25, -0.2) is 13.2 Å². The molecular formula is C18H21N3O3S. The van der Waals surface area contributed by atoms with E-state index in [1.807, 2.05) is 0 Å². The SMILES string of the molecule is Cc1ccccc1S(=O)(=O)Nc1ccc(N2CCCN(C)C2=O)cc1. The number of amides is 2. The van der Waals surface area contributed by atoms with E-state index < -0.39 is 10.0 Å². The summed E-state index contributed by atoms with van der Waals surface area (Å²) >= 11 is 0. The maximum absolute atomic E-state index is 12.5. The lowest BCUT2D eigenvalue weighted by Crippen LogP contribution is -2.47. The maximum Gasteiger partial charge on any atom is 0.324 e. The Morgan fingerprint density at radius 3 is 2.36 bits per heavy atom. The second-order valence-corrected chi connectivity index (χ2v) is 7.78. The number of carbonyl (C=O) groups excluding carboxylic acids is 1.